The summed E-state index contributed by atoms with van der Waals surface area (Å²) in [6, 6.07) is 0.249. The van der Waals surface area contributed by atoms with E-state index in [9.17, 15) is 4.79 Å². The van der Waals surface area contributed by atoms with Crippen LogP contribution in [0.15, 0.2) is 6.20 Å². The Hall–Kier alpha value is -1.36. The molecule has 0 aliphatic rings. The molecule has 1 heterocycles. The summed E-state index contributed by atoms with van der Waals surface area (Å²) in [5, 5.41) is 16.2. The van der Waals surface area contributed by atoms with Crippen LogP contribution in [0.5, 0.6) is 0 Å². The van der Waals surface area contributed by atoms with Crippen molar-refractivity contribution in [3.05, 3.63) is 17.5 Å². The summed E-state index contributed by atoms with van der Waals surface area (Å²) >= 11 is 0. The van der Waals surface area contributed by atoms with Gasteiger partial charge in [0.1, 0.15) is 0 Å². The SMILES string of the molecule is CCCC(CCO)CNC(=O)c1cnn(C(C)C)c1C. The summed E-state index contributed by atoms with van der Waals surface area (Å²) in [5.41, 5.74) is 1.53. The van der Waals surface area contributed by atoms with E-state index in [0.717, 1.165) is 25.0 Å². The molecular formula is C15H27N3O2. The average molecular weight is 281 g/mol. The third kappa shape index (κ3) is 4.34. The second kappa shape index (κ2) is 8.04. The van der Waals surface area contributed by atoms with E-state index in [2.05, 4.69) is 17.3 Å². The van der Waals surface area contributed by atoms with Crippen molar-refractivity contribution in [1.29, 1.82) is 0 Å². The Kier molecular flexibility index (Phi) is 6.71. The molecule has 0 radical (unpaired) electrons. The Labute approximate surface area is 121 Å². The molecule has 1 amide bonds. The van der Waals surface area contributed by atoms with Crippen LogP contribution in [0.3, 0.4) is 0 Å². The molecule has 0 aliphatic carbocycles. The first kappa shape index (κ1) is 16.7. The van der Waals surface area contributed by atoms with Gasteiger partial charge in [0.05, 0.1) is 11.8 Å². The van der Waals surface area contributed by atoms with Crippen molar-refractivity contribution >= 4 is 5.91 Å². The van der Waals surface area contributed by atoms with Gasteiger partial charge in [-0.1, -0.05) is 13.3 Å². The number of nitrogens with one attached hydrogen (secondary N) is 1. The summed E-state index contributed by atoms with van der Waals surface area (Å²) < 4.78 is 1.85. The molecule has 1 unspecified atom stereocenters. The number of aromatic nitrogens is 2. The Morgan fingerprint density at radius 2 is 2.15 bits per heavy atom. The monoisotopic (exact) mass is 281 g/mol. The van der Waals surface area contributed by atoms with E-state index in [1.165, 1.54) is 0 Å². The molecule has 20 heavy (non-hydrogen) atoms. The van der Waals surface area contributed by atoms with Crippen LogP contribution in [0, 0.1) is 12.8 Å². The Balaban J connectivity index is 2.62. The van der Waals surface area contributed by atoms with Gasteiger partial charge in [0.25, 0.3) is 5.91 Å². The average Bonchev–Trinajstić information content (AvgIpc) is 2.78. The first-order valence-electron chi connectivity index (χ1n) is 7.44. The number of aliphatic hydroxyl groups excluding tert-OH is 1. The lowest BCUT2D eigenvalue weighted by Crippen LogP contribution is -2.30. The van der Waals surface area contributed by atoms with Crippen molar-refractivity contribution in [1.82, 2.24) is 15.1 Å². The number of rotatable bonds is 8. The highest BCUT2D eigenvalue weighted by Gasteiger charge is 2.16. The largest absolute Gasteiger partial charge is 0.396 e. The minimum atomic E-state index is -0.0755. The van der Waals surface area contributed by atoms with E-state index in [4.69, 9.17) is 5.11 Å². The lowest BCUT2D eigenvalue weighted by atomic mass is 10.00. The van der Waals surface area contributed by atoms with Crippen LogP contribution < -0.4 is 5.32 Å². The fourth-order valence-electron chi connectivity index (χ4n) is 2.44. The summed E-state index contributed by atoms with van der Waals surface area (Å²) in [6.45, 7) is 8.90. The first-order chi connectivity index (χ1) is 9.51. The van der Waals surface area contributed by atoms with E-state index in [1.807, 2.05) is 25.5 Å². The quantitative estimate of drug-likeness (QED) is 0.768. The zero-order valence-corrected chi connectivity index (χ0v) is 13.0. The van der Waals surface area contributed by atoms with Gasteiger partial charge in [0, 0.05) is 24.9 Å². The molecule has 1 aromatic heterocycles. The third-order valence-electron chi connectivity index (χ3n) is 3.56. The topological polar surface area (TPSA) is 67.2 Å². The van der Waals surface area contributed by atoms with Crippen LogP contribution in [-0.2, 0) is 0 Å². The standard InChI is InChI=1S/C15H27N3O2/c1-5-6-13(7-8-19)9-16-15(20)14-10-17-18(11(2)3)12(14)4/h10-11,13,19H,5-9H2,1-4H3,(H,16,20). The van der Waals surface area contributed by atoms with Crippen LogP contribution >= 0.6 is 0 Å². The van der Waals surface area contributed by atoms with E-state index in [-0.39, 0.29) is 18.6 Å². The van der Waals surface area contributed by atoms with E-state index >= 15 is 0 Å². The molecular weight excluding hydrogens is 254 g/mol. The Bertz CT molecular complexity index is 421. The summed E-state index contributed by atoms with van der Waals surface area (Å²) in [5.74, 6) is 0.267. The fourth-order valence-corrected chi connectivity index (χ4v) is 2.44. The second-order valence-corrected chi connectivity index (χ2v) is 5.56. The van der Waals surface area contributed by atoms with E-state index in [0.29, 0.717) is 18.0 Å². The highest BCUT2D eigenvalue weighted by atomic mass is 16.3. The van der Waals surface area contributed by atoms with Gasteiger partial charge in [-0.25, -0.2) is 0 Å². The van der Waals surface area contributed by atoms with Gasteiger partial charge in [0.2, 0.25) is 0 Å². The van der Waals surface area contributed by atoms with Crippen LogP contribution in [0.25, 0.3) is 0 Å². The molecule has 0 aromatic carbocycles. The van der Waals surface area contributed by atoms with Gasteiger partial charge >= 0.3 is 0 Å². The maximum Gasteiger partial charge on any atom is 0.254 e. The molecule has 0 saturated heterocycles. The lowest BCUT2D eigenvalue weighted by molar-refractivity contribution is 0.0942. The van der Waals surface area contributed by atoms with Crippen molar-refractivity contribution < 1.29 is 9.90 Å². The zero-order valence-electron chi connectivity index (χ0n) is 13.0. The third-order valence-corrected chi connectivity index (χ3v) is 3.56. The van der Waals surface area contributed by atoms with Crippen molar-refractivity contribution in [3.8, 4) is 0 Å². The van der Waals surface area contributed by atoms with Crippen LogP contribution in [0.1, 0.15) is 62.1 Å². The molecule has 114 valence electrons. The maximum atomic E-state index is 12.2. The lowest BCUT2D eigenvalue weighted by Gasteiger charge is -2.15. The van der Waals surface area contributed by atoms with Crippen molar-refractivity contribution in [2.24, 2.45) is 5.92 Å². The smallest absolute Gasteiger partial charge is 0.254 e. The molecule has 1 rings (SSSR count). The van der Waals surface area contributed by atoms with Gasteiger partial charge in [-0.3, -0.25) is 9.48 Å². The predicted octanol–water partition coefficient (Wildman–Crippen LogP) is 2.30. The molecule has 0 saturated carbocycles. The number of nitrogens with zero attached hydrogens (tertiary/aromatic N) is 2. The number of aliphatic hydroxyl groups is 1. The molecule has 1 atom stereocenters. The van der Waals surface area contributed by atoms with Crippen LogP contribution in [0.2, 0.25) is 0 Å². The van der Waals surface area contributed by atoms with Crippen LogP contribution in [-0.4, -0.2) is 33.9 Å². The Morgan fingerprint density at radius 3 is 2.65 bits per heavy atom. The summed E-state index contributed by atoms with van der Waals surface area (Å²) in [6.07, 6.45) is 4.44. The van der Waals surface area contributed by atoms with Gasteiger partial charge in [-0.15, -0.1) is 0 Å². The van der Waals surface area contributed by atoms with Gasteiger partial charge in [-0.2, -0.15) is 5.10 Å². The van der Waals surface area contributed by atoms with Crippen LogP contribution in [0.4, 0.5) is 0 Å². The number of hydrogen-bond donors (Lipinski definition) is 2. The number of amides is 1. The molecule has 0 bridgehead atoms. The van der Waals surface area contributed by atoms with Crippen molar-refractivity contribution in [2.75, 3.05) is 13.2 Å². The zero-order chi connectivity index (χ0) is 15.1. The highest BCUT2D eigenvalue weighted by Crippen LogP contribution is 2.14. The molecule has 1 aromatic rings. The predicted molar refractivity (Wildman–Crippen MR) is 79.8 cm³/mol. The number of hydrogen-bond acceptors (Lipinski definition) is 3. The molecule has 0 aliphatic heterocycles. The molecule has 2 N–H and O–H groups in total. The maximum absolute atomic E-state index is 12.2. The minimum absolute atomic E-state index is 0.0755. The second-order valence-electron chi connectivity index (χ2n) is 5.56. The highest BCUT2D eigenvalue weighted by molar-refractivity contribution is 5.95. The van der Waals surface area contributed by atoms with Crippen molar-refractivity contribution in [2.45, 2.75) is 53.0 Å². The van der Waals surface area contributed by atoms with Gasteiger partial charge in [0.15, 0.2) is 0 Å². The normalized spacial score (nSPS) is 12.7. The van der Waals surface area contributed by atoms with E-state index < -0.39 is 0 Å². The first-order valence-corrected chi connectivity index (χ1v) is 7.44. The summed E-state index contributed by atoms with van der Waals surface area (Å²) in [7, 11) is 0. The minimum Gasteiger partial charge on any atom is -0.396 e. The number of carbonyl (C=O) groups is 1. The van der Waals surface area contributed by atoms with E-state index in [1.54, 1.807) is 6.20 Å². The Morgan fingerprint density at radius 1 is 1.45 bits per heavy atom. The molecule has 5 heteroatoms. The number of carbonyl (C=O) groups excluding carboxylic acids is 1. The fraction of sp³-hybridized carbons (Fsp3) is 0.733. The molecule has 5 nitrogen and oxygen atoms in total. The van der Waals surface area contributed by atoms with Gasteiger partial charge < -0.3 is 10.4 Å². The molecule has 0 fully saturated rings. The van der Waals surface area contributed by atoms with Crippen molar-refractivity contribution in [3.63, 3.8) is 0 Å². The molecule has 0 spiro atoms. The summed E-state index contributed by atoms with van der Waals surface area (Å²) in [4.78, 5) is 12.2. The van der Waals surface area contributed by atoms with Gasteiger partial charge in [-0.05, 0) is 39.5 Å².